The van der Waals surface area contributed by atoms with E-state index in [2.05, 4.69) is 5.32 Å². The molecule has 0 aliphatic carbocycles. The zero-order valence-electron chi connectivity index (χ0n) is 13.6. The van der Waals surface area contributed by atoms with Crippen molar-refractivity contribution in [3.05, 3.63) is 57.6 Å². The normalized spacial score (nSPS) is 16.8. The third-order valence-electron chi connectivity index (χ3n) is 4.26. The van der Waals surface area contributed by atoms with E-state index in [1.807, 2.05) is 0 Å². The quantitative estimate of drug-likeness (QED) is 0.849. The maximum absolute atomic E-state index is 12.9. The Balaban J connectivity index is 1.90. The summed E-state index contributed by atoms with van der Waals surface area (Å²) in [5.74, 6) is -0.507. The third-order valence-corrected chi connectivity index (χ3v) is 6.64. The first-order chi connectivity index (χ1) is 11.7. The molecule has 0 saturated carbocycles. The van der Waals surface area contributed by atoms with E-state index in [1.54, 1.807) is 37.3 Å². The molecule has 1 aliphatic heterocycles. The van der Waals surface area contributed by atoms with Gasteiger partial charge in [0, 0.05) is 29.3 Å². The van der Waals surface area contributed by atoms with E-state index in [0.717, 1.165) is 0 Å². The van der Waals surface area contributed by atoms with Gasteiger partial charge in [-0.05, 0) is 48.4 Å². The van der Waals surface area contributed by atoms with Gasteiger partial charge in [-0.15, -0.1) is 0 Å². The van der Waals surface area contributed by atoms with E-state index in [0.29, 0.717) is 26.9 Å². The Hall–Kier alpha value is -1.60. The number of rotatable bonds is 4. The van der Waals surface area contributed by atoms with Crippen molar-refractivity contribution in [3.8, 4) is 0 Å². The number of nitrogens with zero attached hydrogens (tertiary/aromatic N) is 1. The number of carbonyl (C=O) groups is 1. The molecule has 0 unspecified atom stereocenters. The smallest absolute Gasteiger partial charge is 0.243 e. The minimum Gasteiger partial charge on any atom is -0.325 e. The Labute approximate surface area is 156 Å². The lowest BCUT2D eigenvalue weighted by Gasteiger charge is -2.19. The lowest BCUT2D eigenvalue weighted by atomic mass is 10.0. The number of carbonyl (C=O) groups excluding carboxylic acids is 1. The average Bonchev–Trinajstić information content (AvgIpc) is 2.84. The molecule has 0 radical (unpaired) electrons. The van der Waals surface area contributed by atoms with Crippen molar-refractivity contribution in [2.45, 2.75) is 24.3 Å². The van der Waals surface area contributed by atoms with Crippen LogP contribution in [0, 0.1) is 0 Å². The number of hydrogen-bond acceptors (Lipinski definition) is 3. The molecule has 2 aromatic carbocycles. The van der Waals surface area contributed by atoms with Crippen molar-refractivity contribution in [1.29, 1.82) is 0 Å². The first-order valence-corrected chi connectivity index (χ1v) is 9.75. The highest BCUT2D eigenvalue weighted by atomic mass is 35.5. The highest BCUT2D eigenvalue weighted by molar-refractivity contribution is 7.89. The zero-order valence-corrected chi connectivity index (χ0v) is 15.9. The summed E-state index contributed by atoms with van der Waals surface area (Å²) in [4.78, 5) is 11.9. The van der Waals surface area contributed by atoms with Crippen molar-refractivity contribution >= 4 is 44.8 Å². The van der Waals surface area contributed by atoms with Crippen LogP contribution in [0.1, 0.15) is 24.0 Å². The van der Waals surface area contributed by atoms with E-state index in [4.69, 9.17) is 23.2 Å². The number of fused-ring (bicyclic) bond motifs is 1. The lowest BCUT2D eigenvalue weighted by Crippen LogP contribution is -2.26. The van der Waals surface area contributed by atoms with Gasteiger partial charge >= 0.3 is 0 Å². The fraction of sp³-hybridized carbons (Fsp3) is 0.235. The van der Waals surface area contributed by atoms with E-state index < -0.39 is 10.0 Å². The molecular weight excluding hydrogens is 383 g/mol. The molecule has 1 heterocycles. The summed E-state index contributed by atoms with van der Waals surface area (Å²) in [6, 6.07) is 9.60. The lowest BCUT2D eigenvalue weighted by molar-refractivity contribution is -0.116. The van der Waals surface area contributed by atoms with Crippen molar-refractivity contribution in [2.75, 3.05) is 12.4 Å². The molecule has 1 atom stereocenters. The summed E-state index contributed by atoms with van der Waals surface area (Å²) in [5.41, 5.74) is 1.99. The van der Waals surface area contributed by atoms with Gasteiger partial charge in [0.05, 0.1) is 10.8 Å². The molecule has 0 bridgehead atoms. The summed E-state index contributed by atoms with van der Waals surface area (Å²) in [6.45, 7) is 1.86. The molecule has 1 aliphatic rings. The molecule has 3 rings (SSSR count). The predicted octanol–water partition coefficient (Wildman–Crippen LogP) is 3.87. The summed E-state index contributed by atoms with van der Waals surface area (Å²) in [7, 11) is -2.24. The van der Waals surface area contributed by atoms with Gasteiger partial charge in [0.2, 0.25) is 15.9 Å². The molecular formula is C17H16Cl2N2O3S. The fourth-order valence-corrected chi connectivity index (χ4v) is 4.36. The van der Waals surface area contributed by atoms with E-state index >= 15 is 0 Å². The summed E-state index contributed by atoms with van der Waals surface area (Å²) < 4.78 is 26.9. The van der Waals surface area contributed by atoms with Gasteiger partial charge in [0.25, 0.3) is 0 Å². The van der Waals surface area contributed by atoms with Crippen molar-refractivity contribution in [2.24, 2.45) is 0 Å². The van der Waals surface area contributed by atoms with Gasteiger partial charge < -0.3 is 5.32 Å². The molecule has 0 aromatic heterocycles. The predicted molar refractivity (Wildman–Crippen MR) is 98.6 cm³/mol. The van der Waals surface area contributed by atoms with Crippen LogP contribution in [-0.2, 0) is 21.4 Å². The summed E-state index contributed by atoms with van der Waals surface area (Å²) in [6.07, 6.45) is 0. The van der Waals surface area contributed by atoms with E-state index in [9.17, 15) is 13.2 Å². The van der Waals surface area contributed by atoms with Crippen molar-refractivity contribution in [3.63, 3.8) is 0 Å². The number of amides is 1. The number of halogens is 2. The largest absolute Gasteiger partial charge is 0.325 e. The van der Waals surface area contributed by atoms with Gasteiger partial charge in [0.1, 0.15) is 0 Å². The number of benzene rings is 2. The highest BCUT2D eigenvalue weighted by Gasteiger charge is 2.29. The summed E-state index contributed by atoms with van der Waals surface area (Å²) >= 11 is 12.0. The SMILES string of the molecule is C[C@H]1C(=O)Nc2ccc(S(=O)(=O)N(C)Cc3ccc(Cl)cc3Cl)cc21. The van der Waals surface area contributed by atoms with Gasteiger partial charge in [-0.25, -0.2) is 8.42 Å². The highest BCUT2D eigenvalue weighted by Crippen LogP contribution is 2.34. The second kappa shape index (κ2) is 6.61. The zero-order chi connectivity index (χ0) is 18.4. The van der Waals surface area contributed by atoms with Crippen LogP contribution in [0.15, 0.2) is 41.3 Å². The molecule has 8 heteroatoms. The van der Waals surface area contributed by atoms with Crippen molar-refractivity contribution in [1.82, 2.24) is 4.31 Å². The van der Waals surface area contributed by atoms with Crippen LogP contribution in [0.3, 0.4) is 0 Å². The molecule has 1 amide bonds. The van der Waals surface area contributed by atoms with Crippen LogP contribution < -0.4 is 5.32 Å². The molecule has 0 saturated heterocycles. The molecule has 0 spiro atoms. The first kappa shape index (κ1) is 18.2. The number of nitrogens with one attached hydrogen (secondary N) is 1. The minimum absolute atomic E-state index is 0.113. The van der Waals surface area contributed by atoms with E-state index in [1.165, 1.54) is 17.4 Å². The van der Waals surface area contributed by atoms with E-state index in [-0.39, 0.29) is 23.3 Å². The number of anilines is 1. The molecule has 0 fully saturated rings. The second-order valence-corrected chi connectivity index (χ2v) is 8.85. The fourth-order valence-electron chi connectivity index (χ4n) is 2.71. The van der Waals surface area contributed by atoms with Gasteiger partial charge in [-0.2, -0.15) is 4.31 Å². The Morgan fingerprint density at radius 1 is 1.16 bits per heavy atom. The molecule has 132 valence electrons. The van der Waals surface area contributed by atoms with Crippen LogP contribution in [0.5, 0.6) is 0 Å². The van der Waals surface area contributed by atoms with Crippen LogP contribution in [0.2, 0.25) is 10.0 Å². The number of sulfonamides is 1. The second-order valence-electron chi connectivity index (χ2n) is 5.96. The molecule has 5 nitrogen and oxygen atoms in total. The standard InChI is InChI=1S/C17H16Cl2N2O3S/c1-10-14-8-13(5-6-16(14)20-17(10)22)25(23,24)21(2)9-11-3-4-12(18)7-15(11)19/h3-8,10H,9H2,1-2H3,(H,20,22)/t10-/m1/s1. The monoisotopic (exact) mass is 398 g/mol. The average molecular weight is 399 g/mol. The first-order valence-electron chi connectivity index (χ1n) is 7.55. The van der Waals surface area contributed by atoms with Crippen LogP contribution in [0.25, 0.3) is 0 Å². The third kappa shape index (κ3) is 3.40. The van der Waals surface area contributed by atoms with Crippen LogP contribution >= 0.6 is 23.2 Å². The maximum Gasteiger partial charge on any atom is 0.243 e. The molecule has 1 N–H and O–H groups in total. The van der Waals surface area contributed by atoms with Gasteiger partial charge in [-0.1, -0.05) is 29.3 Å². The summed E-state index contributed by atoms with van der Waals surface area (Å²) in [5, 5.41) is 3.63. The molecule has 25 heavy (non-hydrogen) atoms. The van der Waals surface area contributed by atoms with Gasteiger partial charge in [0.15, 0.2) is 0 Å². The molecule has 2 aromatic rings. The van der Waals surface area contributed by atoms with Gasteiger partial charge in [-0.3, -0.25) is 4.79 Å². The Bertz CT molecular complexity index is 960. The Kier molecular flexibility index (Phi) is 4.81. The van der Waals surface area contributed by atoms with Crippen molar-refractivity contribution < 1.29 is 13.2 Å². The number of hydrogen-bond donors (Lipinski definition) is 1. The van der Waals surface area contributed by atoms with Crippen LogP contribution in [0.4, 0.5) is 5.69 Å². The Morgan fingerprint density at radius 2 is 1.88 bits per heavy atom. The maximum atomic E-state index is 12.9. The topological polar surface area (TPSA) is 66.5 Å². The Morgan fingerprint density at radius 3 is 2.56 bits per heavy atom. The minimum atomic E-state index is -3.72. The van der Waals surface area contributed by atoms with Crippen LogP contribution in [-0.4, -0.2) is 25.7 Å².